The number of rotatable bonds is 6. The van der Waals surface area contributed by atoms with Crippen LogP contribution in [0.2, 0.25) is 0 Å². The molecule has 2 aromatic heterocycles. The van der Waals surface area contributed by atoms with E-state index in [4.69, 9.17) is 0 Å². The molecular formula is C18H20N6O2S2. The second-order valence-corrected chi connectivity index (χ2v) is 8.03. The zero-order chi connectivity index (χ0) is 20.1. The van der Waals surface area contributed by atoms with Gasteiger partial charge in [-0.25, -0.2) is 4.98 Å². The van der Waals surface area contributed by atoms with Gasteiger partial charge < -0.3 is 0 Å². The molecule has 10 heteroatoms. The standard InChI is InChI=1S/C18H20N6O2S2/c1-11(2)14-9-27-17(19-14)16-22-23-18(24(16)13-7-5-4-6-8-13)28-10-15(26)21-20-12(3)25/h4-9,11H,10H2,1-3H3,(H,20,25)(H,21,26). The third kappa shape index (κ3) is 4.76. The molecule has 0 fully saturated rings. The first kappa shape index (κ1) is 20.0. The van der Waals surface area contributed by atoms with Gasteiger partial charge in [0.25, 0.3) is 0 Å². The van der Waals surface area contributed by atoms with Gasteiger partial charge in [-0.15, -0.1) is 21.5 Å². The van der Waals surface area contributed by atoms with Gasteiger partial charge >= 0.3 is 0 Å². The molecule has 0 saturated carbocycles. The van der Waals surface area contributed by atoms with Crippen molar-refractivity contribution in [2.24, 2.45) is 0 Å². The Labute approximate surface area is 170 Å². The molecule has 0 aliphatic heterocycles. The van der Waals surface area contributed by atoms with Gasteiger partial charge in [0.05, 0.1) is 11.4 Å². The SMILES string of the molecule is CC(=O)NNC(=O)CSc1nnc(-c2nc(C(C)C)cs2)n1-c1ccccc1. The molecule has 2 N–H and O–H groups in total. The number of benzene rings is 1. The monoisotopic (exact) mass is 416 g/mol. The van der Waals surface area contributed by atoms with Crippen LogP contribution in [0.1, 0.15) is 32.4 Å². The van der Waals surface area contributed by atoms with E-state index in [1.807, 2.05) is 40.3 Å². The van der Waals surface area contributed by atoms with Crippen molar-refractivity contribution in [1.82, 2.24) is 30.6 Å². The summed E-state index contributed by atoms with van der Waals surface area (Å²) in [5.41, 5.74) is 6.50. The fraction of sp³-hybridized carbons (Fsp3) is 0.278. The predicted octanol–water partition coefficient (Wildman–Crippen LogP) is 2.77. The number of nitrogens with zero attached hydrogens (tertiary/aromatic N) is 4. The lowest BCUT2D eigenvalue weighted by Crippen LogP contribution is -2.41. The van der Waals surface area contributed by atoms with Crippen molar-refractivity contribution in [2.45, 2.75) is 31.8 Å². The van der Waals surface area contributed by atoms with Gasteiger partial charge in [0, 0.05) is 18.0 Å². The van der Waals surface area contributed by atoms with Crippen molar-refractivity contribution in [2.75, 3.05) is 5.75 Å². The molecule has 2 heterocycles. The highest BCUT2D eigenvalue weighted by molar-refractivity contribution is 7.99. The Morgan fingerprint density at radius 2 is 1.93 bits per heavy atom. The summed E-state index contributed by atoms with van der Waals surface area (Å²) in [7, 11) is 0. The second-order valence-electron chi connectivity index (χ2n) is 6.23. The van der Waals surface area contributed by atoms with Crippen LogP contribution in [0.5, 0.6) is 0 Å². The van der Waals surface area contributed by atoms with Gasteiger partial charge in [0.1, 0.15) is 0 Å². The molecule has 0 aliphatic carbocycles. The van der Waals surface area contributed by atoms with Gasteiger partial charge in [0.2, 0.25) is 11.8 Å². The van der Waals surface area contributed by atoms with E-state index >= 15 is 0 Å². The van der Waals surface area contributed by atoms with Crippen LogP contribution in [0.25, 0.3) is 16.5 Å². The van der Waals surface area contributed by atoms with Crippen molar-refractivity contribution < 1.29 is 9.59 Å². The number of para-hydroxylation sites is 1. The number of nitrogens with one attached hydrogen (secondary N) is 2. The number of aromatic nitrogens is 4. The number of thiazole rings is 1. The first-order valence-corrected chi connectivity index (χ1v) is 10.5. The Balaban J connectivity index is 1.89. The minimum absolute atomic E-state index is 0.0837. The quantitative estimate of drug-likeness (QED) is 0.473. The molecule has 28 heavy (non-hydrogen) atoms. The average molecular weight is 417 g/mol. The van der Waals surface area contributed by atoms with E-state index < -0.39 is 0 Å². The van der Waals surface area contributed by atoms with Crippen LogP contribution < -0.4 is 10.9 Å². The minimum atomic E-state index is -0.335. The highest BCUT2D eigenvalue weighted by atomic mass is 32.2. The van der Waals surface area contributed by atoms with Crippen LogP contribution in [0.15, 0.2) is 40.9 Å². The van der Waals surface area contributed by atoms with Crippen LogP contribution >= 0.6 is 23.1 Å². The number of amides is 2. The zero-order valence-corrected chi connectivity index (χ0v) is 17.3. The fourth-order valence-corrected chi connectivity index (χ4v) is 3.99. The first-order chi connectivity index (χ1) is 13.5. The molecule has 3 aromatic rings. The molecule has 0 radical (unpaired) electrons. The fourth-order valence-electron chi connectivity index (χ4n) is 2.29. The van der Waals surface area contributed by atoms with E-state index in [-0.39, 0.29) is 17.6 Å². The second kappa shape index (κ2) is 8.98. The van der Waals surface area contributed by atoms with Gasteiger partial charge in [-0.05, 0) is 18.1 Å². The summed E-state index contributed by atoms with van der Waals surface area (Å²) in [5.74, 6) is 0.371. The average Bonchev–Trinajstić information content (AvgIpc) is 3.32. The van der Waals surface area contributed by atoms with Crippen molar-refractivity contribution in [3.05, 3.63) is 41.4 Å². The Kier molecular flexibility index (Phi) is 6.42. The van der Waals surface area contributed by atoms with Crippen LogP contribution in [-0.4, -0.2) is 37.3 Å². The Hall–Kier alpha value is -2.72. The lowest BCUT2D eigenvalue weighted by Gasteiger charge is -2.09. The van der Waals surface area contributed by atoms with Crippen molar-refractivity contribution in [1.29, 1.82) is 0 Å². The van der Waals surface area contributed by atoms with Crippen LogP contribution in [0.3, 0.4) is 0 Å². The molecule has 0 spiro atoms. The van der Waals surface area contributed by atoms with Gasteiger partial charge in [-0.1, -0.05) is 43.8 Å². The summed E-state index contributed by atoms with van der Waals surface area (Å²) >= 11 is 2.75. The molecule has 0 aliphatic rings. The van der Waals surface area contributed by atoms with Crippen molar-refractivity contribution in [3.63, 3.8) is 0 Å². The summed E-state index contributed by atoms with van der Waals surface area (Å²) in [4.78, 5) is 27.5. The molecule has 0 atom stereocenters. The maximum atomic E-state index is 11.9. The van der Waals surface area contributed by atoms with E-state index in [1.165, 1.54) is 30.0 Å². The van der Waals surface area contributed by atoms with Crippen molar-refractivity contribution in [3.8, 4) is 16.5 Å². The summed E-state index contributed by atoms with van der Waals surface area (Å²) in [5, 5.41) is 12.0. The number of hydrogen-bond acceptors (Lipinski definition) is 7. The molecule has 1 aromatic carbocycles. The van der Waals surface area contributed by atoms with Crippen LogP contribution in [0, 0.1) is 0 Å². The number of carbonyl (C=O) groups is 2. The van der Waals surface area contributed by atoms with E-state index in [1.54, 1.807) is 0 Å². The highest BCUT2D eigenvalue weighted by Gasteiger charge is 2.20. The van der Waals surface area contributed by atoms with Crippen LogP contribution in [0.4, 0.5) is 0 Å². The molecule has 0 bridgehead atoms. The molecule has 8 nitrogen and oxygen atoms in total. The van der Waals surface area contributed by atoms with E-state index in [0.717, 1.165) is 16.4 Å². The predicted molar refractivity (Wildman–Crippen MR) is 109 cm³/mol. The smallest absolute Gasteiger partial charge is 0.248 e. The van der Waals surface area contributed by atoms with Gasteiger partial charge in [-0.2, -0.15) is 0 Å². The minimum Gasteiger partial charge on any atom is -0.274 e. The van der Waals surface area contributed by atoms with Gasteiger partial charge in [-0.3, -0.25) is 25.0 Å². The molecule has 2 amide bonds. The molecular weight excluding hydrogens is 396 g/mol. The Bertz CT molecular complexity index is 968. The zero-order valence-electron chi connectivity index (χ0n) is 15.7. The summed E-state index contributed by atoms with van der Waals surface area (Å²) in [6.07, 6.45) is 0. The molecule has 0 unspecified atom stereocenters. The third-order valence-corrected chi connectivity index (χ3v) is 5.45. The lowest BCUT2D eigenvalue weighted by atomic mass is 10.2. The number of thioether (sulfide) groups is 1. The van der Waals surface area contributed by atoms with Crippen molar-refractivity contribution >= 4 is 34.9 Å². The molecule has 146 valence electrons. The summed E-state index contributed by atoms with van der Waals surface area (Å²) in [6.45, 7) is 5.51. The Morgan fingerprint density at radius 3 is 2.57 bits per heavy atom. The maximum Gasteiger partial charge on any atom is 0.248 e. The topological polar surface area (TPSA) is 102 Å². The van der Waals surface area contributed by atoms with E-state index in [9.17, 15) is 9.59 Å². The molecule has 0 saturated heterocycles. The van der Waals surface area contributed by atoms with Gasteiger partial charge in [0.15, 0.2) is 16.0 Å². The lowest BCUT2D eigenvalue weighted by molar-refractivity contribution is -0.126. The number of hydrazine groups is 1. The summed E-state index contributed by atoms with van der Waals surface area (Å²) in [6, 6.07) is 9.69. The normalized spacial score (nSPS) is 10.9. The summed E-state index contributed by atoms with van der Waals surface area (Å²) < 4.78 is 1.89. The van der Waals surface area contributed by atoms with E-state index in [0.29, 0.717) is 16.9 Å². The largest absolute Gasteiger partial charge is 0.274 e. The van der Waals surface area contributed by atoms with Crippen LogP contribution in [-0.2, 0) is 9.59 Å². The number of hydrogen-bond donors (Lipinski definition) is 2. The third-order valence-electron chi connectivity index (χ3n) is 3.66. The maximum absolute atomic E-state index is 11.9. The first-order valence-electron chi connectivity index (χ1n) is 8.60. The molecule has 3 rings (SSSR count). The Morgan fingerprint density at radius 1 is 1.18 bits per heavy atom. The number of carbonyl (C=O) groups excluding carboxylic acids is 2. The van der Waals surface area contributed by atoms with E-state index in [2.05, 4.69) is 39.9 Å². The highest BCUT2D eigenvalue weighted by Crippen LogP contribution is 2.31.